The summed E-state index contributed by atoms with van der Waals surface area (Å²) in [5.41, 5.74) is 8.73. The van der Waals surface area contributed by atoms with Crippen LogP contribution in [-0.4, -0.2) is 41.6 Å². The second-order valence-corrected chi connectivity index (χ2v) is 12.1. The number of aryl methyl sites for hydroxylation is 3. The average molecular weight is 7260 g/mol. The molecule has 6 aliphatic rings. The van der Waals surface area contributed by atoms with Gasteiger partial charge >= 0.3 is 5.91 Å². The number of amidine groups is 4. The van der Waals surface area contributed by atoms with Gasteiger partial charge < -0.3 is 0 Å². The normalized spacial score (nSPS) is 7.26. The third-order valence-corrected chi connectivity index (χ3v) is 9.94. The minimum Gasteiger partial charge on any atom is -0.271 e. The predicted molar refractivity (Wildman–Crippen MR) is 207 cm³/mol. The maximum atomic E-state index is 5.46. The van der Waals surface area contributed by atoms with Crippen molar-refractivity contribution in [3.05, 3.63) is 129 Å². The zero-order chi connectivity index (χ0) is 36.8. The largest absolute Gasteiger partial charge is 0.359 e. The Morgan fingerprint density at radius 1 is 0.214 bits per heavy atom. The van der Waals surface area contributed by atoms with Gasteiger partial charge in [-0.15, -0.1) is 76.3 Å². The fourth-order valence-electron chi connectivity index (χ4n) is 8.23. The van der Waals surface area contributed by atoms with E-state index in [0.29, 0.717) is 0 Å². The SMILES string of the molecule is CC.CC.CC.CC.Cc1cc[c-]c2c1C1=[N+]3C2=Nc2c4[c-]ccc(C)c4c4n2[C@@]32n3c(c5[c-]ccc(C)c5c3=NC3=[N+]2C(=N1)c1[c-]cc[c-]c13)=N4.[Y].[Y].[Y].[Y].[Y].[Y].[Y].[Y].[Y].[Y].[Y].[Y].[Y].[Y].[Y].[Y].[Y].[Y].[Y].[Y].[Y].[Y].[Y].[Y].[Y].[Y].[Y].[Y].[Y].[Y].[Y].[Y].[Y].[Y].[Y].[Y].[Y].[Y].[Y].[Y].[Y].[Y].[Y].[Y].[Y].[Y].[Y].[Y].[Y].[Y].[Y].[Y].[Y].[Y].[Y].[Y].[Y].[Y].[Y].[Y].[Y].[Y].[Y].[Y].[Y].[Y].[Y].[Y].[Y].[Y].[Y].[Y].[Y].[Y]. The van der Waals surface area contributed by atoms with Crippen molar-refractivity contribution in [3.63, 3.8) is 0 Å². The molecule has 482 valence electrons. The molecule has 6 aliphatic heterocycles. The van der Waals surface area contributed by atoms with Gasteiger partial charge in [0, 0.05) is 2420 Å². The fraction of sp³-hybridized carbons (Fsp3) is 0.273. The minimum absolute atomic E-state index is 0. The number of aromatic nitrogens is 2. The van der Waals surface area contributed by atoms with Gasteiger partial charge in [0.05, 0.1) is 11.3 Å². The second-order valence-electron chi connectivity index (χ2n) is 12.1. The Bertz CT molecular complexity index is 2920. The Kier molecular flexibility index (Phi) is 1010. The van der Waals surface area contributed by atoms with Crippen LogP contribution in [0.25, 0.3) is 21.5 Å². The molecule has 0 saturated heterocycles. The van der Waals surface area contributed by atoms with Crippen LogP contribution in [-0.2, 0) is 2430 Å². The van der Waals surface area contributed by atoms with Crippen molar-refractivity contribution in [3.8, 4) is 0 Å². The van der Waals surface area contributed by atoms with E-state index >= 15 is 0 Å². The van der Waals surface area contributed by atoms with Gasteiger partial charge in [0.25, 0.3) is 0 Å². The van der Waals surface area contributed by atoms with Crippen LogP contribution >= 0.6 is 0 Å². The molecule has 74 radical (unpaired) electrons. The summed E-state index contributed by atoms with van der Waals surface area (Å²) in [7, 11) is 0. The molecular weight excluding hydrogens is 7220 g/mol. The maximum Gasteiger partial charge on any atom is 0.359 e. The van der Waals surface area contributed by atoms with Gasteiger partial charge in [0.2, 0.25) is 5.84 Å². The molecule has 2 aromatic heterocycles. The Hall–Kier alpha value is 75.9. The molecule has 126 heavy (non-hydrogen) atoms. The van der Waals surface area contributed by atoms with E-state index in [0.717, 1.165) is 106 Å². The molecule has 1 atom stereocenters. The van der Waals surface area contributed by atoms with E-state index in [1.807, 2.05) is 85.7 Å². The van der Waals surface area contributed by atoms with Crippen molar-refractivity contribution >= 4 is 56.5 Å². The van der Waals surface area contributed by atoms with Crippen molar-refractivity contribution in [2.75, 3.05) is 0 Å². The molecule has 4 aromatic carbocycles. The predicted octanol–water partition coefficient (Wildman–Crippen LogP) is 7.55. The van der Waals surface area contributed by atoms with Crippen LogP contribution in [0.5, 0.6) is 0 Å². The van der Waals surface area contributed by atoms with Crippen LogP contribution in [0.3, 0.4) is 0 Å². The Labute approximate surface area is 2630 Å². The fourth-order valence-corrected chi connectivity index (χ4v) is 8.23. The smallest absolute Gasteiger partial charge is 0.271 e. The maximum absolute atomic E-state index is 5.46. The molecule has 0 unspecified atom stereocenters. The number of benzene rings is 4. The summed E-state index contributed by atoms with van der Waals surface area (Å²) in [6.07, 6.45) is 0. The monoisotopic (exact) mass is 7260 g/mol. The van der Waals surface area contributed by atoms with E-state index in [2.05, 4.69) is 87.6 Å². The number of hydrogen-bond acceptors (Lipinski definition) is 4. The molecule has 8 nitrogen and oxygen atoms in total. The van der Waals surface area contributed by atoms with E-state index in [4.69, 9.17) is 20.0 Å². The van der Waals surface area contributed by atoms with E-state index in [1.54, 1.807) is 0 Å². The van der Waals surface area contributed by atoms with Gasteiger partial charge in [0.1, 0.15) is 17.5 Å². The molecule has 0 bridgehead atoms. The molecular formula is C44H41N8Y74-3. The van der Waals surface area contributed by atoms with Gasteiger partial charge in [-0.3, -0.25) is 18.7 Å². The first-order valence-electron chi connectivity index (χ1n) is 18.6. The first kappa shape index (κ1) is 448. The number of fused-ring (bicyclic) bond motifs is 12. The van der Waals surface area contributed by atoms with Gasteiger partial charge in [-0.05, 0) is 10.9 Å². The molecule has 0 fully saturated rings. The van der Waals surface area contributed by atoms with Gasteiger partial charge in [-0.25, -0.2) is 28.8 Å². The van der Waals surface area contributed by atoms with Crippen LogP contribution < -0.4 is 11.0 Å². The summed E-state index contributed by atoms with van der Waals surface area (Å²) in [5, 5.41) is 3.95. The second kappa shape index (κ2) is 285. The van der Waals surface area contributed by atoms with Crippen molar-refractivity contribution in [2.24, 2.45) is 20.0 Å². The van der Waals surface area contributed by atoms with E-state index in [-0.39, 0.29) is 2420 Å². The topological polar surface area (TPSA) is 65.3 Å². The summed E-state index contributed by atoms with van der Waals surface area (Å²) in [6, 6.07) is 33.7. The van der Waals surface area contributed by atoms with Crippen LogP contribution in [0, 0.1) is 51.1 Å². The molecule has 0 N–H and O–H groups in total. The minimum atomic E-state index is -1.05. The molecule has 0 aliphatic carbocycles. The van der Waals surface area contributed by atoms with Crippen molar-refractivity contribution in [1.82, 2.24) is 9.13 Å². The Balaban J connectivity index is -0.00000000638. The van der Waals surface area contributed by atoms with E-state index in [9.17, 15) is 0 Å². The summed E-state index contributed by atoms with van der Waals surface area (Å²) < 4.78 is 9.11. The molecule has 1 spiro atoms. The Morgan fingerprint density at radius 3 is 0.754 bits per heavy atom. The third-order valence-electron chi connectivity index (χ3n) is 9.94. The number of nitrogens with zero attached hydrogens (tertiary/aromatic N) is 8. The van der Waals surface area contributed by atoms with Crippen LogP contribution in [0.1, 0.15) is 94.3 Å². The first-order valence-corrected chi connectivity index (χ1v) is 18.6. The van der Waals surface area contributed by atoms with Gasteiger partial charge in [-0.2, -0.15) is 21.1 Å². The molecule has 6 aromatic rings. The third kappa shape index (κ3) is 146. The van der Waals surface area contributed by atoms with Gasteiger partial charge in [0.15, 0.2) is 11.3 Å². The molecule has 8 heterocycles. The Morgan fingerprint density at radius 2 is 0.452 bits per heavy atom. The standard InChI is InChI=1S/C36H17N8.4C2H6.74Y/c1-17-9-6-14-22-25(17)33-38-28-20-12-4-5-13-21(20)29-39-34-27-19(3)11-8-16-24(27)32-40-35-26-18(2)10-7-15-23(26)31-37-30(22)42(33)36(41(28)29,43(31)35)44(32)34;4*1-2;;;;;;;;;;;;;;;;;;;;;;;;;;;;;;;;;;;;;;;;;;;;;;;;;;;;;;;;;;;;;;;;;;;;;;;;;;/h4-11H,1-3H3;4*1-2H3;;;;;;;;;;;;;;;;;;;;;;;;;;;;;;;;;;;;;;;;;;;;;;;;;;;;;;;;;;;;;;;;;;;;;;;;;;/q-3;;;;;;;;;;;;;;;;;;;;;;;;;;;;;;;;;;;;;;;;;;;;;;;;;;;;;;;;;;;;;;;;;;;;;;;;;;;;;;/t36-;;;;;;;;;;;;;;;;;;;;;;;;;;;;;;;;;;;;;;;;;;;;;;;;;;;;;;;;;;;;;;;;;;;;;;;;;;;;;;/m0............................................................................../s1. The molecule has 0 saturated carbocycles. The van der Waals surface area contributed by atoms with Crippen molar-refractivity contribution in [2.45, 2.75) is 82.1 Å². The van der Waals surface area contributed by atoms with Crippen LogP contribution in [0.15, 0.2) is 68.5 Å². The summed E-state index contributed by atoms with van der Waals surface area (Å²) in [4.78, 5) is 21.7. The zero-order valence-corrected chi connectivity index (χ0v) is 284. The number of hydrogen-bond donors (Lipinski definition) is 0. The van der Waals surface area contributed by atoms with E-state index < -0.39 is 5.91 Å². The molecule has 0 amide bonds. The van der Waals surface area contributed by atoms with Gasteiger partial charge in [-0.1, -0.05) is 97.9 Å². The summed E-state index contributed by atoms with van der Waals surface area (Å²) in [6.45, 7) is 22.4. The zero-order valence-electron chi connectivity index (χ0n) is 74.4. The quantitative estimate of drug-likeness (QED) is 0.112. The molecule has 12 rings (SSSR count). The average Bonchev–Trinajstić information content (AvgIpc) is 3.92. The van der Waals surface area contributed by atoms with Crippen LogP contribution in [0.4, 0.5) is 11.6 Å². The molecule has 82 heteroatoms. The van der Waals surface area contributed by atoms with E-state index in [1.165, 1.54) is 0 Å². The van der Waals surface area contributed by atoms with Crippen molar-refractivity contribution < 1.29 is 2430 Å². The van der Waals surface area contributed by atoms with Crippen molar-refractivity contribution in [1.29, 1.82) is 0 Å². The van der Waals surface area contributed by atoms with Crippen LogP contribution in [0.2, 0.25) is 0 Å². The number of aliphatic imine (C=N–C) groups is 2. The first-order chi connectivity index (χ1) is 25.6. The summed E-state index contributed by atoms with van der Waals surface area (Å²) >= 11 is 0. The summed E-state index contributed by atoms with van der Waals surface area (Å²) in [5.74, 6) is 3.80. The number of rotatable bonds is 0.